The van der Waals surface area contributed by atoms with Crippen LogP contribution in [0.3, 0.4) is 0 Å². The molecule has 0 radical (unpaired) electrons. The molecule has 0 bridgehead atoms. The van der Waals surface area contributed by atoms with Crippen molar-refractivity contribution in [3.8, 4) is 11.4 Å². The average Bonchev–Trinajstić information content (AvgIpc) is 3.41. The summed E-state index contributed by atoms with van der Waals surface area (Å²) in [6.45, 7) is 0.699. The van der Waals surface area contributed by atoms with Gasteiger partial charge in [-0.15, -0.1) is 13.2 Å². The van der Waals surface area contributed by atoms with Crippen LogP contribution in [0.1, 0.15) is 23.2 Å². The van der Waals surface area contributed by atoms with E-state index in [0.717, 1.165) is 25.0 Å². The summed E-state index contributed by atoms with van der Waals surface area (Å²) in [5.41, 5.74) is 8.38. The van der Waals surface area contributed by atoms with Gasteiger partial charge in [-0.1, -0.05) is 12.1 Å². The Bertz CT molecular complexity index is 1360. The lowest BCUT2D eigenvalue weighted by Crippen LogP contribution is -2.18. The van der Waals surface area contributed by atoms with Gasteiger partial charge in [-0.2, -0.15) is 0 Å². The van der Waals surface area contributed by atoms with Crippen LogP contribution in [0.15, 0.2) is 48.5 Å². The predicted molar refractivity (Wildman–Crippen MR) is 117 cm³/mol. The Balaban J connectivity index is 1.60. The van der Waals surface area contributed by atoms with Crippen molar-refractivity contribution in [1.29, 1.82) is 0 Å². The highest BCUT2D eigenvalue weighted by Crippen LogP contribution is 2.33. The van der Waals surface area contributed by atoms with Crippen LogP contribution in [-0.4, -0.2) is 46.2 Å². The van der Waals surface area contributed by atoms with Gasteiger partial charge in [0.25, 0.3) is 0 Å². The predicted octanol–water partition coefficient (Wildman–Crippen LogP) is 4.39. The minimum absolute atomic E-state index is 0.00661. The minimum Gasteiger partial charge on any atom is -0.459 e. The zero-order valence-electron chi connectivity index (χ0n) is 17.7. The second kappa shape index (κ2) is 8.49. The smallest absolute Gasteiger partial charge is 0.459 e. The molecule has 1 fully saturated rings. The first-order valence-electron chi connectivity index (χ1n) is 10.5. The average molecular weight is 472 g/mol. The summed E-state index contributed by atoms with van der Waals surface area (Å²) in [6, 6.07) is 12.2. The minimum atomic E-state index is -4.81. The summed E-state index contributed by atoms with van der Waals surface area (Å²) >= 11 is 0. The number of carbonyl (C=O) groups is 1. The van der Waals surface area contributed by atoms with Gasteiger partial charge >= 0.3 is 12.3 Å². The van der Waals surface area contributed by atoms with Crippen LogP contribution in [0, 0.1) is 0 Å². The normalized spacial score (nSPS) is 16.3. The molecule has 0 amide bonds. The van der Waals surface area contributed by atoms with Crippen LogP contribution in [0.2, 0.25) is 0 Å². The van der Waals surface area contributed by atoms with E-state index in [1.54, 1.807) is 24.3 Å². The van der Waals surface area contributed by atoms with Crippen molar-refractivity contribution in [2.75, 3.05) is 18.9 Å². The van der Waals surface area contributed by atoms with Gasteiger partial charge in [0.15, 0.2) is 5.65 Å². The Morgan fingerprint density at radius 3 is 2.47 bits per heavy atom. The maximum atomic E-state index is 13.0. The number of para-hydroxylation sites is 2. The van der Waals surface area contributed by atoms with E-state index in [1.165, 1.54) is 16.7 Å². The SMILES string of the molecule is Nc1c(C(=O)OC[C@H]2CCCO2)c2nc3ccccc3nc2n1-c1ccc(OC(F)(F)F)cc1. The molecule has 34 heavy (non-hydrogen) atoms. The topological polar surface area (TPSA) is 101 Å². The molecule has 11 heteroatoms. The maximum absolute atomic E-state index is 13.0. The van der Waals surface area contributed by atoms with Gasteiger partial charge in [0.05, 0.1) is 17.1 Å². The molecule has 1 aliphatic heterocycles. The van der Waals surface area contributed by atoms with Crippen molar-refractivity contribution in [3.05, 3.63) is 54.1 Å². The quantitative estimate of drug-likeness (QED) is 0.430. The van der Waals surface area contributed by atoms with Gasteiger partial charge in [-0.3, -0.25) is 4.57 Å². The standard InChI is InChI=1S/C23H19F3N4O4/c24-23(25,26)34-14-9-7-13(8-10-14)30-20(27)18(22(31)33-12-15-4-3-11-32-15)19-21(30)29-17-6-2-1-5-16(17)28-19/h1-2,5-10,15H,3-4,11-12,27H2/t15-/m1/s1. The van der Waals surface area contributed by atoms with Crippen LogP contribution in [0.5, 0.6) is 5.75 Å². The second-order valence-corrected chi connectivity index (χ2v) is 7.76. The summed E-state index contributed by atoms with van der Waals surface area (Å²) in [5.74, 6) is -1.07. The van der Waals surface area contributed by atoms with E-state index in [0.29, 0.717) is 23.3 Å². The molecule has 3 heterocycles. The number of carbonyl (C=O) groups excluding carboxylic acids is 1. The van der Waals surface area contributed by atoms with Gasteiger partial charge in [0.1, 0.15) is 29.3 Å². The third-order valence-corrected chi connectivity index (χ3v) is 5.45. The molecule has 0 unspecified atom stereocenters. The van der Waals surface area contributed by atoms with Crippen molar-refractivity contribution in [3.63, 3.8) is 0 Å². The van der Waals surface area contributed by atoms with Crippen LogP contribution in [-0.2, 0) is 9.47 Å². The first-order chi connectivity index (χ1) is 16.3. The third kappa shape index (κ3) is 4.21. The van der Waals surface area contributed by atoms with Gasteiger partial charge < -0.3 is 19.9 Å². The van der Waals surface area contributed by atoms with E-state index in [9.17, 15) is 18.0 Å². The summed E-state index contributed by atoms with van der Waals surface area (Å²) in [6.07, 6.45) is -3.30. The van der Waals surface area contributed by atoms with Crippen molar-refractivity contribution >= 4 is 34.0 Å². The number of aromatic nitrogens is 3. The molecule has 0 spiro atoms. The molecule has 0 saturated carbocycles. The van der Waals surface area contributed by atoms with Crippen LogP contribution in [0.25, 0.3) is 27.9 Å². The number of nitrogens with zero attached hydrogens (tertiary/aromatic N) is 3. The Hall–Kier alpha value is -3.86. The highest BCUT2D eigenvalue weighted by atomic mass is 19.4. The number of halogens is 3. The molecule has 1 saturated heterocycles. The number of anilines is 1. The van der Waals surface area contributed by atoms with Gasteiger partial charge in [0, 0.05) is 12.3 Å². The molecular formula is C23H19F3N4O4. The highest BCUT2D eigenvalue weighted by Gasteiger charge is 2.31. The lowest BCUT2D eigenvalue weighted by molar-refractivity contribution is -0.274. The molecule has 2 aromatic heterocycles. The van der Waals surface area contributed by atoms with Gasteiger partial charge in [-0.05, 0) is 49.2 Å². The maximum Gasteiger partial charge on any atom is 0.573 e. The molecule has 8 nitrogen and oxygen atoms in total. The Labute approximate surface area is 191 Å². The summed E-state index contributed by atoms with van der Waals surface area (Å²) in [7, 11) is 0. The molecule has 2 aromatic carbocycles. The number of nitrogens with two attached hydrogens (primary N) is 1. The van der Waals surface area contributed by atoms with E-state index < -0.39 is 12.3 Å². The first-order valence-corrected chi connectivity index (χ1v) is 10.5. The first kappa shape index (κ1) is 22.0. The zero-order valence-corrected chi connectivity index (χ0v) is 17.7. The van der Waals surface area contributed by atoms with E-state index >= 15 is 0 Å². The van der Waals surface area contributed by atoms with E-state index in [-0.39, 0.29) is 41.0 Å². The molecule has 176 valence electrons. The number of nitrogen functional groups attached to an aromatic ring is 1. The number of fused-ring (bicyclic) bond motifs is 2. The second-order valence-electron chi connectivity index (χ2n) is 7.76. The van der Waals surface area contributed by atoms with Crippen LogP contribution >= 0.6 is 0 Å². The molecular weight excluding hydrogens is 453 g/mol. The summed E-state index contributed by atoms with van der Waals surface area (Å²) < 4.78 is 54.0. The van der Waals surface area contributed by atoms with Crippen LogP contribution in [0.4, 0.5) is 19.0 Å². The van der Waals surface area contributed by atoms with Crippen molar-refractivity contribution in [2.45, 2.75) is 25.3 Å². The third-order valence-electron chi connectivity index (χ3n) is 5.45. The van der Waals surface area contributed by atoms with Gasteiger partial charge in [0.2, 0.25) is 0 Å². The summed E-state index contributed by atoms with van der Waals surface area (Å²) in [4.78, 5) is 22.2. The number of hydrogen-bond donors (Lipinski definition) is 1. The Morgan fingerprint density at radius 2 is 1.82 bits per heavy atom. The number of ether oxygens (including phenoxy) is 3. The molecule has 5 rings (SSSR count). The van der Waals surface area contributed by atoms with E-state index in [2.05, 4.69) is 14.7 Å². The molecule has 1 atom stereocenters. The molecule has 0 aliphatic carbocycles. The lowest BCUT2D eigenvalue weighted by Gasteiger charge is -2.12. The fourth-order valence-corrected chi connectivity index (χ4v) is 3.94. The fourth-order valence-electron chi connectivity index (χ4n) is 3.94. The largest absolute Gasteiger partial charge is 0.573 e. The molecule has 4 aromatic rings. The summed E-state index contributed by atoms with van der Waals surface area (Å²) in [5, 5.41) is 0. The molecule has 1 aliphatic rings. The highest BCUT2D eigenvalue weighted by molar-refractivity contribution is 6.09. The fraction of sp³-hybridized carbons (Fsp3) is 0.261. The number of rotatable bonds is 5. The van der Waals surface area contributed by atoms with Crippen molar-refractivity contribution in [1.82, 2.24) is 14.5 Å². The lowest BCUT2D eigenvalue weighted by atomic mass is 10.2. The number of benzene rings is 2. The van der Waals surface area contributed by atoms with E-state index in [1.807, 2.05) is 0 Å². The van der Waals surface area contributed by atoms with Crippen molar-refractivity contribution < 1.29 is 32.2 Å². The van der Waals surface area contributed by atoms with Gasteiger partial charge in [-0.25, -0.2) is 14.8 Å². The Kier molecular flexibility index (Phi) is 5.48. The molecule has 2 N–H and O–H groups in total. The van der Waals surface area contributed by atoms with Crippen LogP contribution < -0.4 is 10.5 Å². The number of alkyl halides is 3. The number of hydrogen-bond acceptors (Lipinski definition) is 7. The monoisotopic (exact) mass is 472 g/mol. The number of esters is 1. The zero-order chi connectivity index (χ0) is 23.9. The van der Waals surface area contributed by atoms with Crippen molar-refractivity contribution in [2.24, 2.45) is 0 Å². The van der Waals surface area contributed by atoms with E-state index in [4.69, 9.17) is 15.2 Å². The Morgan fingerprint density at radius 1 is 1.12 bits per heavy atom.